The number of allylic oxidation sites excluding steroid dienone is 4. The molecule has 0 aliphatic heterocycles. The van der Waals surface area contributed by atoms with Crippen LogP contribution in [0.3, 0.4) is 0 Å². The number of thiophene rings is 1. The zero-order valence-electron chi connectivity index (χ0n) is 12.5. The summed E-state index contributed by atoms with van der Waals surface area (Å²) in [6, 6.07) is 4.16. The fourth-order valence-corrected chi connectivity index (χ4v) is 4.96. The third-order valence-corrected chi connectivity index (χ3v) is 6.27. The van der Waals surface area contributed by atoms with Crippen LogP contribution in [0.15, 0.2) is 45.7 Å². The van der Waals surface area contributed by atoms with E-state index in [4.69, 9.17) is 0 Å². The van der Waals surface area contributed by atoms with Crippen LogP contribution in [0, 0.1) is 11.8 Å². The highest BCUT2D eigenvalue weighted by Gasteiger charge is 2.32. The molecule has 3 rings (SSSR count). The molecule has 1 aliphatic carbocycles. The van der Waals surface area contributed by atoms with E-state index in [0.29, 0.717) is 11.0 Å². The Labute approximate surface area is 151 Å². The molecule has 2 aromatic heterocycles. The Morgan fingerprint density at radius 2 is 2.30 bits per heavy atom. The summed E-state index contributed by atoms with van der Waals surface area (Å²) in [4.78, 5) is 13.9. The van der Waals surface area contributed by atoms with E-state index >= 15 is 0 Å². The van der Waals surface area contributed by atoms with Gasteiger partial charge < -0.3 is 5.32 Å². The number of hydrogen-bond acceptors (Lipinski definition) is 5. The van der Waals surface area contributed by atoms with E-state index in [1.807, 2.05) is 13.0 Å². The van der Waals surface area contributed by atoms with Crippen LogP contribution in [0.5, 0.6) is 0 Å². The van der Waals surface area contributed by atoms with E-state index in [1.165, 1.54) is 16.2 Å². The summed E-state index contributed by atoms with van der Waals surface area (Å²) in [6.45, 7) is 1.99. The molecule has 3 atom stereocenters. The summed E-state index contributed by atoms with van der Waals surface area (Å²) in [5, 5.41) is 11.1. The minimum Gasteiger partial charge on any atom is -0.300 e. The van der Waals surface area contributed by atoms with Crippen molar-refractivity contribution in [2.24, 2.45) is 11.8 Å². The van der Waals surface area contributed by atoms with Gasteiger partial charge in [0.05, 0.1) is 3.79 Å². The predicted octanol–water partition coefficient (Wildman–Crippen LogP) is 4.85. The molecule has 120 valence electrons. The number of anilines is 1. The topological polar surface area (TPSA) is 54.9 Å². The number of halogens is 1. The zero-order valence-corrected chi connectivity index (χ0v) is 15.7. The molecule has 0 saturated carbocycles. The summed E-state index contributed by atoms with van der Waals surface area (Å²) in [5.74, 6) is 0.283. The number of rotatable bonds is 5. The lowest BCUT2D eigenvalue weighted by Crippen LogP contribution is -2.29. The Balaban J connectivity index is 1.83. The Kier molecular flexibility index (Phi) is 5.40. The molecule has 0 fully saturated rings. The first kappa shape index (κ1) is 16.5. The van der Waals surface area contributed by atoms with Crippen molar-refractivity contribution in [1.82, 2.24) is 10.2 Å². The van der Waals surface area contributed by atoms with Gasteiger partial charge in [0.2, 0.25) is 11.0 Å². The van der Waals surface area contributed by atoms with Crippen molar-refractivity contribution >= 4 is 49.6 Å². The summed E-state index contributed by atoms with van der Waals surface area (Å²) in [5.41, 5.74) is 1.61. The molecule has 7 heteroatoms. The van der Waals surface area contributed by atoms with Gasteiger partial charge in [-0.25, -0.2) is 0 Å². The van der Waals surface area contributed by atoms with Crippen LogP contribution in [-0.4, -0.2) is 16.1 Å². The van der Waals surface area contributed by atoms with E-state index in [-0.39, 0.29) is 17.7 Å². The molecule has 0 bridgehead atoms. The second-order valence-electron chi connectivity index (χ2n) is 5.40. The smallest absolute Gasteiger partial charge is 0.229 e. The number of amides is 1. The van der Waals surface area contributed by atoms with Gasteiger partial charge in [0.1, 0.15) is 5.51 Å². The van der Waals surface area contributed by atoms with Crippen molar-refractivity contribution in [2.75, 3.05) is 5.32 Å². The maximum absolute atomic E-state index is 12.7. The Morgan fingerprint density at radius 1 is 1.43 bits per heavy atom. The first-order valence-corrected chi connectivity index (χ1v) is 9.79. The Morgan fingerprint density at radius 3 is 2.91 bits per heavy atom. The van der Waals surface area contributed by atoms with Crippen LogP contribution in [0.2, 0.25) is 0 Å². The van der Waals surface area contributed by atoms with Crippen molar-refractivity contribution in [3.8, 4) is 0 Å². The van der Waals surface area contributed by atoms with Gasteiger partial charge >= 0.3 is 0 Å². The van der Waals surface area contributed by atoms with E-state index in [1.54, 1.807) is 16.8 Å². The van der Waals surface area contributed by atoms with E-state index in [2.05, 4.69) is 61.8 Å². The minimum absolute atomic E-state index is 0.0146. The Hall–Kier alpha value is -1.31. The number of nitrogens with zero attached hydrogens (tertiary/aromatic N) is 2. The maximum atomic E-state index is 12.7. The first-order chi connectivity index (χ1) is 11.1. The first-order valence-electron chi connectivity index (χ1n) is 7.30. The quantitative estimate of drug-likeness (QED) is 0.767. The molecule has 1 unspecified atom stereocenters. The van der Waals surface area contributed by atoms with Crippen molar-refractivity contribution < 1.29 is 4.79 Å². The highest BCUT2D eigenvalue weighted by Crippen LogP contribution is 2.41. The Bertz CT molecular complexity index is 724. The zero-order chi connectivity index (χ0) is 16.2. The molecule has 1 N–H and O–H groups in total. The fraction of sp³-hybridized carbons (Fsp3) is 0.312. The molecular formula is C16H16BrN3OS2. The molecule has 0 aromatic carbocycles. The fourth-order valence-electron chi connectivity index (χ4n) is 2.81. The molecule has 0 spiro atoms. The molecule has 4 nitrogen and oxygen atoms in total. The highest BCUT2D eigenvalue weighted by molar-refractivity contribution is 9.11. The van der Waals surface area contributed by atoms with Crippen molar-refractivity contribution in [2.45, 2.75) is 19.3 Å². The molecule has 0 radical (unpaired) electrons. The van der Waals surface area contributed by atoms with Gasteiger partial charge in [-0.3, -0.25) is 4.79 Å². The average Bonchev–Trinajstić information content (AvgIpc) is 3.20. The maximum Gasteiger partial charge on any atom is 0.229 e. The number of carbonyl (C=O) groups is 1. The standard InChI is InChI=1S/C16H16BrN3OS2/c1-10(15(21)19-16-20-18-9-22-16)14(11-5-3-2-4-6-11)12-7-8-13(17)23-12/h2-5,7-11,14H,6H2,1H3,(H,19,20,21)/t10-,11?,14-/m1/s1. The number of nitrogens with one attached hydrogen (secondary N) is 1. The average molecular weight is 410 g/mol. The largest absolute Gasteiger partial charge is 0.300 e. The summed E-state index contributed by atoms with van der Waals surface area (Å²) in [6.07, 6.45) is 9.44. The monoisotopic (exact) mass is 409 g/mol. The molecule has 0 saturated heterocycles. The molecule has 1 amide bonds. The van der Waals surface area contributed by atoms with Crippen LogP contribution in [0.4, 0.5) is 5.13 Å². The lowest BCUT2D eigenvalue weighted by molar-refractivity contribution is -0.120. The summed E-state index contributed by atoms with van der Waals surface area (Å²) in [7, 11) is 0. The predicted molar refractivity (Wildman–Crippen MR) is 98.8 cm³/mol. The van der Waals surface area contributed by atoms with Crippen LogP contribution in [-0.2, 0) is 4.79 Å². The SMILES string of the molecule is C[C@@H](C(=O)Nc1nncs1)[C@@H](c1ccc(Br)s1)C1C=CC=CC1. The summed E-state index contributed by atoms with van der Waals surface area (Å²) < 4.78 is 1.09. The molecule has 2 heterocycles. The molecular weight excluding hydrogens is 394 g/mol. The molecule has 2 aromatic rings. The lowest BCUT2D eigenvalue weighted by Gasteiger charge is -2.29. The van der Waals surface area contributed by atoms with Gasteiger partial charge in [-0.2, -0.15) is 0 Å². The summed E-state index contributed by atoms with van der Waals surface area (Å²) >= 11 is 6.56. The van der Waals surface area contributed by atoms with E-state index in [9.17, 15) is 4.79 Å². The van der Waals surface area contributed by atoms with Crippen LogP contribution >= 0.6 is 38.6 Å². The second kappa shape index (κ2) is 7.51. The normalized spacial score (nSPS) is 19.5. The second-order valence-corrected chi connectivity index (χ2v) is 8.73. The van der Waals surface area contributed by atoms with Gasteiger partial charge in [0.15, 0.2) is 0 Å². The van der Waals surface area contributed by atoms with E-state index < -0.39 is 0 Å². The van der Waals surface area contributed by atoms with Crippen LogP contribution in [0.1, 0.15) is 24.1 Å². The van der Waals surface area contributed by atoms with Crippen molar-refractivity contribution in [1.29, 1.82) is 0 Å². The third-order valence-electron chi connectivity index (χ3n) is 3.94. The highest BCUT2D eigenvalue weighted by atomic mass is 79.9. The third kappa shape index (κ3) is 3.97. The number of hydrogen-bond donors (Lipinski definition) is 1. The van der Waals surface area contributed by atoms with Gasteiger partial charge in [-0.15, -0.1) is 21.5 Å². The van der Waals surface area contributed by atoms with Crippen LogP contribution in [0.25, 0.3) is 0 Å². The lowest BCUT2D eigenvalue weighted by atomic mass is 9.78. The van der Waals surface area contributed by atoms with Gasteiger partial charge in [-0.1, -0.05) is 42.6 Å². The molecule has 1 aliphatic rings. The number of carbonyl (C=O) groups excluding carboxylic acids is 1. The van der Waals surface area contributed by atoms with Gasteiger partial charge in [-0.05, 0) is 40.4 Å². The molecule has 23 heavy (non-hydrogen) atoms. The van der Waals surface area contributed by atoms with Crippen molar-refractivity contribution in [3.63, 3.8) is 0 Å². The van der Waals surface area contributed by atoms with Crippen LogP contribution < -0.4 is 5.32 Å². The van der Waals surface area contributed by atoms with Gasteiger partial charge in [0.25, 0.3) is 0 Å². The number of aromatic nitrogens is 2. The minimum atomic E-state index is -0.161. The van der Waals surface area contributed by atoms with Gasteiger partial charge in [0, 0.05) is 16.7 Å². The van der Waals surface area contributed by atoms with Crippen molar-refractivity contribution in [3.05, 3.63) is 50.6 Å². The van der Waals surface area contributed by atoms with E-state index in [0.717, 1.165) is 10.2 Å².